The maximum absolute atomic E-state index is 5.63. The van der Waals surface area contributed by atoms with Crippen molar-refractivity contribution in [3.8, 4) is 0 Å². The van der Waals surface area contributed by atoms with Gasteiger partial charge in [0, 0.05) is 0 Å². The Morgan fingerprint density at radius 1 is 0.789 bits per heavy atom. The lowest BCUT2D eigenvalue weighted by Crippen LogP contribution is -1.83. The number of epoxide rings is 1. The van der Waals surface area contributed by atoms with Crippen molar-refractivity contribution in [2.24, 2.45) is 0 Å². The zero-order valence-corrected chi connectivity index (χ0v) is 10.6. The standard InChI is InChI=1S/C18H16O/c1-3-9-15(10-4-1)11-7-8-14-17-18(19-17)16-12-5-2-6-13-16/h1-14,17-18H/b11-7+,14-8+. The van der Waals surface area contributed by atoms with Gasteiger partial charge in [0.2, 0.25) is 0 Å². The third-order valence-electron chi connectivity index (χ3n) is 3.15. The highest BCUT2D eigenvalue weighted by molar-refractivity contribution is 5.50. The fourth-order valence-corrected chi connectivity index (χ4v) is 2.09. The molecule has 2 unspecified atom stereocenters. The van der Waals surface area contributed by atoms with Crippen molar-refractivity contribution in [2.45, 2.75) is 12.2 Å². The highest BCUT2D eigenvalue weighted by Gasteiger charge is 2.37. The molecule has 3 rings (SSSR count). The molecule has 0 N–H and O–H groups in total. The Morgan fingerprint density at radius 3 is 2.21 bits per heavy atom. The maximum Gasteiger partial charge on any atom is 0.113 e. The molecule has 1 aliphatic heterocycles. The smallest absolute Gasteiger partial charge is 0.113 e. The lowest BCUT2D eigenvalue weighted by molar-refractivity contribution is 0.394. The largest absolute Gasteiger partial charge is 0.360 e. The molecule has 1 saturated heterocycles. The monoisotopic (exact) mass is 248 g/mol. The lowest BCUT2D eigenvalue weighted by atomic mass is 10.1. The molecule has 0 aliphatic carbocycles. The summed E-state index contributed by atoms with van der Waals surface area (Å²) in [5.74, 6) is 0. The van der Waals surface area contributed by atoms with Crippen LogP contribution in [0.5, 0.6) is 0 Å². The molecule has 2 aromatic rings. The van der Waals surface area contributed by atoms with Gasteiger partial charge in [0.25, 0.3) is 0 Å². The Bertz CT molecular complexity index is 569. The molecule has 1 fully saturated rings. The average molecular weight is 248 g/mol. The first kappa shape index (κ1) is 11.9. The fraction of sp³-hybridized carbons (Fsp3) is 0.111. The van der Waals surface area contributed by atoms with Gasteiger partial charge in [-0.2, -0.15) is 0 Å². The molecule has 1 heteroatoms. The van der Waals surface area contributed by atoms with Crippen LogP contribution in [0.4, 0.5) is 0 Å². The van der Waals surface area contributed by atoms with Gasteiger partial charge in [0.1, 0.15) is 12.2 Å². The molecule has 1 nitrogen and oxygen atoms in total. The predicted molar refractivity (Wildman–Crippen MR) is 78.7 cm³/mol. The van der Waals surface area contributed by atoms with Crippen LogP contribution in [0.15, 0.2) is 78.9 Å². The van der Waals surface area contributed by atoms with E-state index in [-0.39, 0.29) is 12.2 Å². The van der Waals surface area contributed by atoms with Crippen LogP contribution in [0.2, 0.25) is 0 Å². The summed E-state index contributed by atoms with van der Waals surface area (Å²) in [6, 6.07) is 20.6. The lowest BCUT2D eigenvalue weighted by Gasteiger charge is -1.91. The SMILES string of the molecule is C(/C=C/C1OC1c1ccccc1)=C\c1ccccc1. The molecule has 2 aromatic carbocycles. The van der Waals surface area contributed by atoms with Crippen LogP contribution in [0.3, 0.4) is 0 Å². The molecular weight excluding hydrogens is 232 g/mol. The van der Waals surface area contributed by atoms with E-state index in [1.165, 1.54) is 11.1 Å². The second-order valence-corrected chi connectivity index (χ2v) is 4.59. The summed E-state index contributed by atoms with van der Waals surface area (Å²) < 4.78 is 5.63. The Morgan fingerprint density at radius 2 is 1.47 bits per heavy atom. The summed E-state index contributed by atoms with van der Waals surface area (Å²) in [6.45, 7) is 0. The number of benzene rings is 2. The molecule has 0 amide bonds. The van der Waals surface area contributed by atoms with E-state index in [4.69, 9.17) is 4.74 Å². The zero-order chi connectivity index (χ0) is 12.9. The van der Waals surface area contributed by atoms with E-state index in [2.05, 4.69) is 48.6 Å². The second kappa shape index (κ2) is 5.68. The molecule has 19 heavy (non-hydrogen) atoms. The predicted octanol–water partition coefficient (Wildman–Crippen LogP) is 4.40. The van der Waals surface area contributed by atoms with Gasteiger partial charge in [-0.15, -0.1) is 0 Å². The topological polar surface area (TPSA) is 12.5 Å². The molecule has 0 spiro atoms. The average Bonchev–Trinajstić information content (AvgIpc) is 3.25. The molecule has 94 valence electrons. The number of rotatable bonds is 4. The summed E-state index contributed by atoms with van der Waals surface area (Å²) in [6.07, 6.45) is 8.78. The van der Waals surface area contributed by atoms with E-state index in [0.29, 0.717) is 0 Å². The van der Waals surface area contributed by atoms with E-state index >= 15 is 0 Å². The van der Waals surface area contributed by atoms with Crippen molar-refractivity contribution >= 4 is 6.08 Å². The molecule has 0 saturated carbocycles. The number of ether oxygens (including phenoxy) is 1. The molecule has 0 bridgehead atoms. The fourth-order valence-electron chi connectivity index (χ4n) is 2.09. The number of hydrogen-bond donors (Lipinski definition) is 0. The summed E-state index contributed by atoms with van der Waals surface area (Å²) in [5.41, 5.74) is 2.47. The van der Waals surface area contributed by atoms with Crippen LogP contribution in [0, 0.1) is 0 Å². The third kappa shape index (κ3) is 3.21. The summed E-state index contributed by atoms with van der Waals surface area (Å²) in [5, 5.41) is 0. The maximum atomic E-state index is 5.63. The quantitative estimate of drug-likeness (QED) is 0.577. The van der Waals surface area contributed by atoms with Crippen LogP contribution in [0.25, 0.3) is 6.08 Å². The first-order valence-electron chi connectivity index (χ1n) is 6.54. The van der Waals surface area contributed by atoms with E-state index in [1.807, 2.05) is 36.4 Å². The summed E-state index contributed by atoms with van der Waals surface area (Å²) >= 11 is 0. The van der Waals surface area contributed by atoms with E-state index in [0.717, 1.165) is 0 Å². The van der Waals surface area contributed by atoms with Gasteiger partial charge in [-0.05, 0) is 11.1 Å². The van der Waals surface area contributed by atoms with Gasteiger partial charge < -0.3 is 4.74 Å². The number of allylic oxidation sites excluding steroid dienone is 2. The molecule has 2 atom stereocenters. The normalized spacial score (nSPS) is 22.1. The van der Waals surface area contributed by atoms with E-state index in [9.17, 15) is 0 Å². The van der Waals surface area contributed by atoms with Crippen LogP contribution < -0.4 is 0 Å². The summed E-state index contributed by atoms with van der Waals surface area (Å²) in [4.78, 5) is 0. The number of hydrogen-bond acceptors (Lipinski definition) is 1. The Kier molecular flexibility index (Phi) is 3.57. The Hall–Kier alpha value is -2.12. The van der Waals surface area contributed by atoms with Gasteiger partial charge in [-0.3, -0.25) is 0 Å². The van der Waals surface area contributed by atoms with Crippen LogP contribution in [0.1, 0.15) is 17.2 Å². The van der Waals surface area contributed by atoms with Gasteiger partial charge >= 0.3 is 0 Å². The molecule has 1 aliphatic rings. The van der Waals surface area contributed by atoms with Crippen LogP contribution >= 0.6 is 0 Å². The third-order valence-corrected chi connectivity index (χ3v) is 3.15. The van der Waals surface area contributed by atoms with E-state index in [1.54, 1.807) is 0 Å². The van der Waals surface area contributed by atoms with Crippen LogP contribution in [-0.4, -0.2) is 6.10 Å². The molecule has 0 radical (unpaired) electrons. The van der Waals surface area contributed by atoms with Crippen LogP contribution in [-0.2, 0) is 4.74 Å². The minimum atomic E-state index is 0.225. The molecule has 0 aromatic heterocycles. The minimum absolute atomic E-state index is 0.225. The second-order valence-electron chi connectivity index (χ2n) is 4.59. The van der Waals surface area contributed by atoms with Gasteiger partial charge in [0.15, 0.2) is 0 Å². The first-order valence-corrected chi connectivity index (χ1v) is 6.54. The van der Waals surface area contributed by atoms with Gasteiger partial charge in [-0.1, -0.05) is 85.0 Å². The van der Waals surface area contributed by atoms with Crippen molar-refractivity contribution in [3.05, 3.63) is 90.0 Å². The van der Waals surface area contributed by atoms with E-state index < -0.39 is 0 Å². The minimum Gasteiger partial charge on any atom is -0.360 e. The van der Waals surface area contributed by atoms with Gasteiger partial charge in [0.05, 0.1) is 0 Å². The van der Waals surface area contributed by atoms with Crippen molar-refractivity contribution in [2.75, 3.05) is 0 Å². The summed E-state index contributed by atoms with van der Waals surface area (Å²) in [7, 11) is 0. The Labute approximate surface area is 113 Å². The van der Waals surface area contributed by atoms with Crippen molar-refractivity contribution < 1.29 is 4.74 Å². The molecule has 1 heterocycles. The molecular formula is C18H16O. The first-order chi connectivity index (χ1) is 9.43. The highest BCUT2D eigenvalue weighted by Crippen LogP contribution is 2.39. The van der Waals surface area contributed by atoms with Crippen molar-refractivity contribution in [1.82, 2.24) is 0 Å². The Balaban J connectivity index is 1.54. The van der Waals surface area contributed by atoms with Crippen molar-refractivity contribution in [3.63, 3.8) is 0 Å². The van der Waals surface area contributed by atoms with Crippen molar-refractivity contribution in [1.29, 1.82) is 0 Å². The zero-order valence-electron chi connectivity index (χ0n) is 10.6. The van der Waals surface area contributed by atoms with Gasteiger partial charge in [-0.25, -0.2) is 0 Å². The highest BCUT2D eigenvalue weighted by atomic mass is 16.6.